The number of ether oxygens (including phenoxy) is 1. The fourth-order valence-corrected chi connectivity index (χ4v) is 9.69. The Bertz CT molecular complexity index is 1080. The molecule has 0 radical (unpaired) electrons. The minimum Gasteiger partial charge on any atom is -0.466 e. The molecule has 69 heavy (non-hydrogen) atoms. The molecule has 0 heterocycles. The zero-order valence-corrected chi connectivity index (χ0v) is 46.6. The topological polar surface area (TPSA) is 95.9 Å². The summed E-state index contributed by atoms with van der Waals surface area (Å²) in [6, 6.07) is -0.631. The van der Waals surface area contributed by atoms with Crippen LogP contribution in [0.3, 0.4) is 0 Å². The number of carbonyl (C=O) groups is 2. The summed E-state index contributed by atoms with van der Waals surface area (Å²) in [7, 11) is 0. The number of amides is 1. The van der Waals surface area contributed by atoms with Gasteiger partial charge in [0.1, 0.15) is 0 Å². The molecule has 0 aromatic heterocycles. The molecule has 408 valence electrons. The van der Waals surface area contributed by atoms with Gasteiger partial charge in [-0.3, -0.25) is 9.59 Å². The van der Waals surface area contributed by atoms with Crippen molar-refractivity contribution in [2.45, 2.75) is 353 Å². The summed E-state index contributed by atoms with van der Waals surface area (Å²) in [4.78, 5) is 24.5. The summed E-state index contributed by atoms with van der Waals surface area (Å²) in [6.45, 7) is 4.91. The van der Waals surface area contributed by atoms with E-state index >= 15 is 0 Å². The Labute approximate surface area is 431 Å². The van der Waals surface area contributed by atoms with Gasteiger partial charge in [0.15, 0.2) is 0 Å². The lowest BCUT2D eigenvalue weighted by Gasteiger charge is -2.20. The van der Waals surface area contributed by atoms with Gasteiger partial charge in [-0.15, -0.1) is 0 Å². The fourth-order valence-electron chi connectivity index (χ4n) is 9.69. The van der Waals surface area contributed by atoms with Crippen LogP contribution in [0.5, 0.6) is 0 Å². The Balaban J connectivity index is 3.44. The standard InChI is InChI=1S/C63H121NO5/c1-3-5-7-9-11-13-15-17-19-20-21-24-28-31-35-39-43-47-51-55-61(66)60(59-65)64-62(67)56-52-48-44-40-36-32-29-25-22-23-26-30-34-38-42-46-50-54-58-69-63(68)57-53-49-45-41-37-33-27-18-16-14-12-10-8-6-4-2/h18,27,51,55,60-61,65-66H,3-17,19-26,28-50,52-54,56-59H2,1-2H3,(H,64,67)/b27-18-,55-51+. The smallest absolute Gasteiger partial charge is 0.305 e. The van der Waals surface area contributed by atoms with Crippen molar-refractivity contribution in [3.63, 3.8) is 0 Å². The average molecular weight is 973 g/mol. The van der Waals surface area contributed by atoms with Gasteiger partial charge in [0, 0.05) is 12.8 Å². The van der Waals surface area contributed by atoms with E-state index < -0.39 is 12.1 Å². The maximum atomic E-state index is 12.5. The van der Waals surface area contributed by atoms with Crippen molar-refractivity contribution in [2.24, 2.45) is 0 Å². The van der Waals surface area contributed by atoms with Gasteiger partial charge < -0.3 is 20.3 Å². The van der Waals surface area contributed by atoms with Crippen molar-refractivity contribution < 1.29 is 24.5 Å². The lowest BCUT2D eigenvalue weighted by Crippen LogP contribution is -2.45. The first kappa shape index (κ1) is 67.3. The van der Waals surface area contributed by atoms with Crippen LogP contribution < -0.4 is 5.32 Å². The van der Waals surface area contributed by atoms with Crippen LogP contribution in [-0.4, -0.2) is 47.4 Å². The molecule has 0 aliphatic carbocycles. The number of hydrogen-bond donors (Lipinski definition) is 3. The average Bonchev–Trinajstić information content (AvgIpc) is 3.35. The number of carbonyl (C=O) groups excluding carboxylic acids is 2. The summed E-state index contributed by atoms with van der Waals surface area (Å²) in [6.07, 6.45) is 72.1. The normalized spacial score (nSPS) is 12.7. The van der Waals surface area contributed by atoms with E-state index in [0.29, 0.717) is 19.4 Å². The van der Waals surface area contributed by atoms with Gasteiger partial charge >= 0.3 is 5.97 Å². The van der Waals surface area contributed by atoms with Gasteiger partial charge in [0.05, 0.1) is 25.4 Å². The van der Waals surface area contributed by atoms with Crippen molar-refractivity contribution in [1.29, 1.82) is 0 Å². The van der Waals surface area contributed by atoms with Crippen molar-refractivity contribution in [1.82, 2.24) is 5.32 Å². The highest BCUT2D eigenvalue weighted by molar-refractivity contribution is 5.76. The molecule has 6 nitrogen and oxygen atoms in total. The van der Waals surface area contributed by atoms with E-state index in [4.69, 9.17) is 4.74 Å². The van der Waals surface area contributed by atoms with Crippen LogP contribution in [0.25, 0.3) is 0 Å². The third-order valence-corrected chi connectivity index (χ3v) is 14.5. The summed E-state index contributed by atoms with van der Waals surface area (Å²) >= 11 is 0. The molecule has 6 heteroatoms. The van der Waals surface area contributed by atoms with Gasteiger partial charge in [-0.2, -0.15) is 0 Å². The summed E-state index contributed by atoms with van der Waals surface area (Å²) in [5.41, 5.74) is 0. The molecule has 3 N–H and O–H groups in total. The molecule has 0 rings (SSSR count). The Morgan fingerprint density at radius 2 is 0.681 bits per heavy atom. The van der Waals surface area contributed by atoms with Crippen LogP contribution in [0.2, 0.25) is 0 Å². The molecule has 0 aliphatic heterocycles. The van der Waals surface area contributed by atoms with Crippen molar-refractivity contribution in [3.05, 3.63) is 24.3 Å². The van der Waals surface area contributed by atoms with Gasteiger partial charge in [0.25, 0.3) is 0 Å². The Hall–Kier alpha value is -1.66. The largest absolute Gasteiger partial charge is 0.466 e. The van der Waals surface area contributed by atoms with Crippen LogP contribution in [0.15, 0.2) is 24.3 Å². The number of aliphatic hydroxyl groups excluding tert-OH is 2. The van der Waals surface area contributed by atoms with E-state index in [2.05, 4.69) is 31.3 Å². The Morgan fingerprint density at radius 1 is 0.391 bits per heavy atom. The van der Waals surface area contributed by atoms with Crippen molar-refractivity contribution in [2.75, 3.05) is 13.2 Å². The van der Waals surface area contributed by atoms with E-state index in [1.54, 1.807) is 6.08 Å². The summed E-state index contributed by atoms with van der Waals surface area (Å²) in [5.74, 6) is -0.0703. The van der Waals surface area contributed by atoms with Crippen LogP contribution in [0.1, 0.15) is 341 Å². The molecule has 0 aromatic carbocycles. The van der Waals surface area contributed by atoms with E-state index in [0.717, 1.165) is 44.9 Å². The van der Waals surface area contributed by atoms with E-state index in [1.807, 2.05) is 6.08 Å². The highest BCUT2D eigenvalue weighted by Gasteiger charge is 2.18. The number of unbranched alkanes of at least 4 members (excludes halogenated alkanes) is 45. The number of nitrogens with one attached hydrogen (secondary N) is 1. The SMILES string of the molecule is CCCCCCCC/C=C\CCCCCCCC(=O)OCCCCCCCCCCCCCCCCCCCCC(=O)NC(CO)C(O)/C=C/CCCCCCCCCCCCCCCCCCC. The summed E-state index contributed by atoms with van der Waals surface area (Å²) in [5, 5.41) is 23.2. The molecule has 0 aromatic rings. The fraction of sp³-hybridized carbons (Fsp3) is 0.905. The predicted molar refractivity (Wildman–Crippen MR) is 301 cm³/mol. The molecule has 2 atom stereocenters. The minimum atomic E-state index is -0.848. The summed E-state index contributed by atoms with van der Waals surface area (Å²) < 4.78 is 5.48. The lowest BCUT2D eigenvalue weighted by atomic mass is 10.0. The molecule has 0 spiro atoms. The predicted octanol–water partition coefficient (Wildman–Crippen LogP) is 19.4. The quantitative estimate of drug-likeness (QED) is 0.0321. The highest BCUT2D eigenvalue weighted by atomic mass is 16.5. The Morgan fingerprint density at radius 3 is 1.03 bits per heavy atom. The Kier molecular flexibility index (Phi) is 57.5. The first-order valence-electron chi connectivity index (χ1n) is 31.1. The maximum absolute atomic E-state index is 12.5. The van der Waals surface area contributed by atoms with Gasteiger partial charge in [-0.1, -0.05) is 295 Å². The van der Waals surface area contributed by atoms with E-state index in [1.165, 1.54) is 270 Å². The highest BCUT2D eigenvalue weighted by Crippen LogP contribution is 2.17. The monoisotopic (exact) mass is 972 g/mol. The van der Waals surface area contributed by atoms with Gasteiger partial charge in [0.2, 0.25) is 5.91 Å². The van der Waals surface area contributed by atoms with Crippen LogP contribution in [-0.2, 0) is 14.3 Å². The lowest BCUT2D eigenvalue weighted by molar-refractivity contribution is -0.143. The third-order valence-electron chi connectivity index (χ3n) is 14.5. The molecular weight excluding hydrogens is 851 g/mol. The first-order valence-corrected chi connectivity index (χ1v) is 31.1. The molecule has 0 saturated heterocycles. The maximum Gasteiger partial charge on any atom is 0.305 e. The molecular formula is C63H121NO5. The zero-order valence-electron chi connectivity index (χ0n) is 46.6. The van der Waals surface area contributed by atoms with E-state index in [9.17, 15) is 19.8 Å². The van der Waals surface area contributed by atoms with Crippen molar-refractivity contribution >= 4 is 11.9 Å². The molecule has 0 aliphatic rings. The minimum absolute atomic E-state index is 0.000909. The number of allylic oxidation sites excluding steroid dienone is 3. The molecule has 0 saturated carbocycles. The van der Waals surface area contributed by atoms with Crippen LogP contribution in [0.4, 0.5) is 0 Å². The second kappa shape index (κ2) is 58.9. The number of hydrogen-bond acceptors (Lipinski definition) is 5. The second-order valence-corrected chi connectivity index (χ2v) is 21.4. The van der Waals surface area contributed by atoms with Gasteiger partial charge in [-0.05, 0) is 57.8 Å². The number of aliphatic hydroxyl groups is 2. The van der Waals surface area contributed by atoms with E-state index in [-0.39, 0.29) is 18.5 Å². The third kappa shape index (κ3) is 55.5. The van der Waals surface area contributed by atoms with Crippen LogP contribution >= 0.6 is 0 Å². The van der Waals surface area contributed by atoms with Crippen molar-refractivity contribution in [3.8, 4) is 0 Å². The molecule has 2 unspecified atom stereocenters. The van der Waals surface area contributed by atoms with Crippen LogP contribution in [0, 0.1) is 0 Å². The molecule has 1 amide bonds. The number of esters is 1. The molecule has 0 bridgehead atoms. The first-order chi connectivity index (χ1) is 34.0. The van der Waals surface area contributed by atoms with Gasteiger partial charge in [-0.25, -0.2) is 0 Å². The zero-order chi connectivity index (χ0) is 50.0. The number of rotatable bonds is 58. The molecule has 0 fully saturated rings. The second-order valence-electron chi connectivity index (χ2n) is 21.4.